The lowest BCUT2D eigenvalue weighted by molar-refractivity contribution is -0.129. The molecule has 3 N–H and O–H groups in total. The van der Waals surface area contributed by atoms with E-state index in [1.807, 2.05) is 13.8 Å². The Balaban J connectivity index is 4.87. The van der Waals surface area contributed by atoms with Gasteiger partial charge in [0.05, 0.1) is 10.4 Å². The first kappa shape index (κ1) is 15.4. The summed E-state index contributed by atoms with van der Waals surface area (Å²) in [7, 11) is 0. The van der Waals surface area contributed by atoms with Crippen molar-refractivity contribution in [3.8, 4) is 0 Å². The molecule has 0 aliphatic heterocycles. The van der Waals surface area contributed by atoms with Crippen LogP contribution < -0.4 is 11.1 Å². The number of nitrogens with two attached hydrogens (primary N) is 1. The van der Waals surface area contributed by atoms with Crippen molar-refractivity contribution in [2.75, 3.05) is 0 Å². The smallest absolute Gasteiger partial charge is 0.233 e. The Morgan fingerprint density at radius 2 is 1.62 bits per heavy atom. The number of nitrogens with one attached hydrogen (secondary N) is 1. The third-order valence-corrected chi connectivity index (χ3v) is 4.18. The summed E-state index contributed by atoms with van der Waals surface area (Å²) >= 11 is 4.98. The number of carbonyl (C=O) groups is 1. The number of carbonyl (C=O) groups excluding carboxylic acids is 1. The second kappa shape index (κ2) is 5.62. The van der Waals surface area contributed by atoms with Crippen molar-refractivity contribution < 1.29 is 4.79 Å². The van der Waals surface area contributed by atoms with Gasteiger partial charge in [-0.3, -0.25) is 4.79 Å². The molecule has 0 aromatic carbocycles. The molecule has 16 heavy (non-hydrogen) atoms. The molecule has 0 saturated carbocycles. The zero-order valence-electron chi connectivity index (χ0n) is 11.0. The number of thiocarbonyl (C=S) groups is 1. The van der Waals surface area contributed by atoms with Gasteiger partial charge in [0.25, 0.3) is 0 Å². The van der Waals surface area contributed by atoms with E-state index < -0.39 is 5.41 Å². The first-order valence-electron chi connectivity index (χ1n) is 5.88. The first-order valence-corrected chi connectivity index (χ1v) is 6.29. The van der Waals surface area contributed by atoms with Crippen molar-refractivity contribution in [1.29, 1.82) is 0 Å². The van der Waals surface area contributed by atoms with Gasteiger partial charge in [0, 0.05) is 5.54 Å². The lowest BCUT2D eigenvalue weighted by Crippen LogP contribution is -2.54. The van der Waals surface area contributed by atoms with E-state index in [0.29, 0.717) is 6.42 Å². The number of amides is 1. The lowest BCUT2D eigenvalue weighted by Gasteiger charge is -2.34. The average molecular weight is 244 g/mol. The van der Waals surface area contributed by atoms with Gasteiger partial charge in [-0.1, -0.05) is 33.0 Å². The van der Waals surface area contributed by atoms with E-state index in [1.165, 1.54) is 0 Å². The van der Waals surface area contributed by atoms with Gasteiger partial charge in [0.1, 0.15) is 0 Å². The van der Waals surface area contributed by atoms with Gasteiger partial charge in [-0.15, -0.1) is 0 Å². The minimum atomic E-state index is -0.735. The van der Waals surface area contributed by atoms with Gasteiger partial charge in [0.2, 0.25) is 5.91 Å². The molecule has 0 spiro atoms. The molecule has 0 rings (SSSR count). The van der Waals surface area contributed by atoms with Gasteiger partial charge < -0.3 is 11.1 Å². The molecule has 94 valence electrons. The molecule has 0 aliphatic rings. The van der Waals surface area contributed by atoms with Crippen LogP contribution in [0.2, 0.25) is 0 Å². The molecule has 1 amide bonds. The van der Waals surface area contributed by atoms with Gasteiger partial charge in [-0.2, -0.15) is 0 Å². The summed E-state index contributed by atoms with van der Waals surface area (Å²) in [4.78, 5) is 12.5. The second-order valence-corrected chi connectivity index (χ2v) is 5.21. The van der Waals surface area contributed by atoms with Crippen LogP contribution in [0.4, 0.5) is 0 Å². The molecule has 1 atom stereocenters. The fraction of sp³-hybridized carbons (Fsp3) is 0.833. The van der Waals surface area contributed by atoms with Gasteiger partial charge in [0.15, 0.2) is 0 Å². The minimum Gasteiger partial charge on any atom is -0.392 e. The van der Waals surface area contributed by atoms with E-state index >= 15 is 0 Å². The van der Waals surface area contributed by atoms with Crippen LogP contribution in [-0.4, -0.2) is 16.4 Å². The number of hydrogen-bond donors (Lipinski definition) is 2. The SMILES string of the molecule is CCC(C)(CC)NC(=O)C(C)(CC)C(N)=S. The molecule has 0 heterocycles. The molecule has 3 nitrogen and oxygen atoms in total. The minimum absolute atomic E-state index is 0.0614. The summed E-state index contributed by atoms with van der Waals surface area (Å²) in [6.45, 7) is 9.90. The summed E-state index contributed by atoms with van der Waals surface area (Å²) in [6.07, 6.45) is 2.41. The molecule has 1 unspecified atom stereocenters. The van der Waals surface area contributed by atoms with Gasteiger partial charge >= 0.3 is 0 Å². The third kappa shape index (κ3) is 3.17. The summed E-state index contributed by atoms with van der Waals surface area (Å²) in [6, 6.07) is 0. The molecule has 0 saturated heterocycles. The largest absolute Gasteiger partial charge is 0.392 e. The molecule has 0 aromatic rings. The second-order valence-electron chi connectivity index (χ2n) is 4.77. The Bertz CT molecular complexity index is 274. The van der Waals surface area contributed by atoms with Crippen molar-refractivity contribution >= 4 is 23.1 Å². The Hall–Kier alpha value is -0.640. The van der Waals surface area contributed by atoms with E-state index in [0.717, 1.165) is 12.8 Å². The van der Waals surface area contributed by atoms with Crippen molar-refractivity contribution in [2.24, 2.45) is 11.1 Å². The quantitative estimate of drug-likeness (QED) is 0.705. The third-order valence-electron chi connectivity index (χ3n) is 3.73. The van der Waals surface area contributed by atoms with Gasteiger partial charge in [-0.25, -0.2) is 0 Å². The van der Waals surface area contributed by atoms with E-state index in [2.05, 4.69) is 19.2 Å². The first-order chi connectivity index (χ1) is 7.25. The molecule has 0 bridgehead atoms. The van der Waals surface area contributed by atoms with E-state index in [9.17, 15) is 4.79 Å². The van der Waals surface area contributed by atoms with Crippen molar-refractivity contribution in [1.82, 2.24) is 5.32 Å². The van der Waals surface area contributed by atoms with Crippen molar-refractivity contribution in [3.63, 3.8) is 0 Å². The highest BCUT2D eigenvalue weighted by Gasteiger charge is 2.37. The van der Waals surface area contributed by atoms with Crippen molar-refractivity contribution in [3.05, 3.63) is 0 Å². The van der Waals surface area contributed by atoms with E-state index in [4.69, 9.17) is 18.0 Å². The number of hydrogen-bond acceptors (Lipinski definition) is 2. The highest BCUT2D eigenvalue weighted by molar-refractivity contribution is 7.80. The lowest BCUT2D eigenvalue weighted by atomic mass is 9.84. The highest BCUT2D eigenvalue weighted by atomic mass is 32.1. The van der Waals surface area contributed by atoms with E-state index in [1.54, 1.807) is 6.92 Å². The van der Waals surface area contributed by atoms with Crippen LogP contribution in [0.1, 0.15) is 53.9 Å². The number of rotatable bonds is 6. The normalized spacial score (nSPS) is 15.3. The predicted octanol–water partition coefficient (Wildman–Crippen LogP) is 2.38. The Labute approximate surface area is 104 Å². The van der Waals surface area contributed by atoms with Crippen LogP contribution in [0, 0.1) is 5.41 Å². The molecule has 0 aromatic heterocycles. The molecule has 4 heteroatoms. The Morgan fingerprint density at radius 1 is 1.19 bits per heavy atom. The zero-order chi connectivity index (χ0) is 13.0. The summed E-state index contributed by atoms with van der Waals surface area (Å²) in [5.74, 6) is -0.0614. The molecule has 0 radical (unpaired) electrons. The Morgan fingerprint density at radius 3 is 1.88 bits per heavy atom. The maximum absolute atomic E-state index is 12.2. The molecule has 0 aliphatic carbocycles. The zero-order valence-corrected chi connectivity index (χ0v) is 11.8. The topological polar surface area (TPSA) is 55.1 Å². The van der Waals surface area contributed by atoms with Gasteiger partial charge in [-0.05, 0) is 33.1 Å². The average Bonchev–Trinajstić information content (AvgIpc) is 2.27. The maximum atomic E-state index is 12.2. The van der Waals surface area contributed by atoms with Crippen LogP contribution in [0.25, 0.3) is 0 Å². The molecular formula is C12H24N2OS. The summed E-state index contributed by atoms with van der Waals surface area (Å²) in [5, 5.41) is 3.06. The molecule has 0 fully saturated rings. The monoisotopic (exact) mass is 244 g/mol. The Kier molecular flexibility index (Phi) is 5.39. The van der Waals surface area contributed by atoms with Crippen LogP contribution in [0.15, 0.2) is 0 Å². The fourth-order valence-corrected chi connectivity index (χ4v) is 1.52. The molecular weight excluding hydrogens is 220 g/mol. The van der Waals surface area contributed by atoms with Crippen molar-refractivity contribution in [2.45, 2.75) is 59.4 Å². The highest BCUT2D eigenvalue weighted by Crippen LogP contribution is 2.24. The predicted molar refractivity (Wildman–Crippen MR) is 72.3 cm³/mol. The van der Waals surface area contributed by atoms with Crippen LogP contribution in [0.3, 0.4) is 0 Å². The van der Waals surface area contributed by atoms with Crippen LogP contribution in [0.5, 0.6) is 0 Å². The van der Waals surface area contributed by atoms with Crippen LogP contribution >= 0.6 is 12.2 Å². The van der Waals surface area contributed by atoms with Crippen LogP contribution in [-0.2, 0) is 4.79 Å². The summed E-state index contributed by atoms with van der Waals surface area (Å²) in [5.41, 5.74) is 4.75. The van der Waals surface area contributed by atoms with E-state index in [-0.39, 0.29) is 16.4 Å². The summed E-state index contributed by atoms with van der Waals surface area (Å²) < 4.78 is 0. The fourth-order valence-electron chi connectivity index (χ4n) is 1.29. The maximum Gasteiger partial charge on any atom is 0.233 e. The standard InChI is InChI=1S/C12H24N2OS/c1-6-11(4,7-2)14-10(15)12(5,8-3)9(13)16/h6-8H2,1-5H3,(H2,13,16)(H,14,15).